The summed E-state index contributed by atoms with van der Waals surface area (Å²) in [4.78, 5) is 26.2. The Hall–Kier alpha value is -3.68. The molecular formula is C25H24O7. The zero-order valence-corrected chi connectivity index (χ0v) is 18.0. The maximum Gasteiger partial charge on any atom is 0.343 e. The fourth-order valence-electron chi connectivity index (χ4n) is 3.36. The highest BCUT2D eigenvalue weighted by atomic mass is 16.7. The fraction of sp³-hybridized carbons (Fsp3) is 0.200. The summed E-state index contributed by atoms with van der Waals surface area (Å²) in [7, 11) is 4.27. The molecule has 1 unspecified atom stereocenters. The van der Waals surface area contributed by atoms with E-state index in [4.69, 9.17) is 18.9 Å². The molecule has 0 bridgehead atoms. The molecule has 3 rings (SSSR count). The number of aromatic hydroxyl groups is 1. The Labute approximate surface area is 186 Å². The molecule has 1 N–H and O–H groups in total. The summed E-state index contributed by atoms with van der Waals surface area (Å²) in [5, 5.41) is 10.4. The largest absolute Gasteiger partial charge is 0.507 e. The molecule has 0 aliphatic heterocycles. The average molecular weight is 436 g/mol. The van der Waals surface area contributed by atoms with Crippen LogP contribution in [0.4, 0.5) is 0 Å². The number of para-hydroxylation sites is 1. The van der Waals surface area contributed by atoms with Gasteiger partial charge in [0.15, 0.2) is 12.1 Å². The zero-order chi connectivity index (χ0) is 23.1. The number of rotatable bonds is 9. The molecule has 0 radical (unpaired) electrons. The number of esters is 1. The van der Waals surface area contributed by atoms with Gasteiger partial charge in [-0.05, 0) is 30.3 Å². The average Bonchev–Trinajstić information content (AvgIpc) is 2.83. The number of phenols is 1. The molecule has 0 saturated heterocycles. The minimum Gasteiger partial charge on any atom is -0.507 e. The van der Waals surface area contributed by atoms with Crippen LogP contribution in [0.5, 0.6) is 17.2 Å². The highest BCUT2D eigenvalue weighted by molar-refractivity contribution is 6.04. The van der Waals surface area contributed by atoms with Gasteiger partial charge in [-0.2, -0.15) is 0 Å². The molecule has 166 valence electrons. The molecule has 0 aliphatic carbocycles. The molecule has 3 aromatic carbocycles. The van der Waals surface area contributed by atoms with Crippen LogP contribution in [0.2, 0.25) is 0 Å². The molecule has 3 aromatic rings. The predicted octanol–water partition coefficient (Wildman–Crippen LogP) is 4.21. The molecule has 32 heavy (non-hydrogen) atoms. The molecule has 1 atom stereocenters. The lowest BCUT2D eigenvalue weighted by Gasteiger charge is -2.26. The van der Waals surface area contributed by atoms with Crippen molar-refractivity contribution < 1.29 is 33.6 Å². The van der Waals surface area contributed by atoms with E-state index in [2.05, 4.69) is 0 Å². The second-order valence-corrected chi connectivity index (χ2v) is 6.86. The third-order valence-corrected chi connectivity index (χ3v) is 4.96. The molecule has 7 nitrogen and oxygen atoms in total. The van der Waals surface area contributed by atoms with Gasteiger partial charge < -0.3 is 24.1 Å². The highest BCUT2D eigenvalue weighted by Crippen LogP contribution is 2.36. The number of ketones is 1. The fourth-order valence-corrected chi connectivity index (χ4v) is 3.36. The second kappa shape index (κ2) is 10.6. The molecule has 7 heteroatoms. The van der Waals surface area contributed by atoms with Gasteiger partial charge in [-0.3, -0.25) is 4.79 Å². The van der Waals surface area contributed by atoms with Crippen LogP contribution in [0.25, 0.3) is 0 Å². The summed E-state index contributed by atoms with van der Waals surface area (Å²) in [6, 6.07) is 19.6. The van der Waals surface area contributed by atoms with E-state index >= 15 is 0 Å². The van der Waals surface area contributed by atoms with E-state index in [1.54, 1.807) is 60.7 Å². The van der Waals surface area contributed by atoms with Gasteiger partial charge >= 0.3 is 5.97 Å². The SMILES string of the molecule is COc1ccc(C(=O)C(c2ccccc2OC(=O)c2ccccc2)C(OC)OC)c(O)c1. The van der Waals surface area contributed by atoms with Crippen LogP contribution in [-0.2, 0) is 9.47 Å². The third-order valence-electron chi connectivity index (χ3n) is 4.96. The van der Waals surface area contributed by atoms with Gasteiger partial charge in [-0.25, -0.2) is 4.79 Å². The standard InChI is InChI=1S/C25H24O7/c1-29-17-13-14-18(20(26)15-17)23(27)22(25(30-2)31-3)19-11-7-8-12-21(19)32-24(28)16-9-5-4-6-10-16/h4-15,22,25-26H,1-3H3. The summed E-state index contributed by atoms with van der Waals surface area (Å²) in [6.07, 6.45) is -0.999. The van der Waals surface area contributed by atoms with Crippen molar-refractivity contribution >= 4 is 11.8 Å². The Balaban J connectivity index is 2.03. The van der Waals surface area contributed by atoms with Crippen LogP contribution >= 0.6 is 0 Å². The number of ether oxygens (including phenoxy) is 4. The number of Topliss-reactive ketones (excluding diaryl/α,β-unsaturated/α-hetero) is 1. The summed E-state index contributed by atoms with van der Waals surface area (Å²) in [5.41, 5.74) is 0.804. The first-order valence-electron chi connectivity index (χ1n) is 9.83. The van der Waals surface area contributed by atoms with Crippen molar-refractivity contribution in [3.05, 3.63) is 89.5 Å². The van der Waals surface area contributed by atoms with Gasteiger partial charge in [0, 0.05) is 25.8 Å². The van der Waals surface area contributed by atoms with Crippen molar-refractivity contribution in [1.82, 2.24) is 0 Å². The normalized spacial score (nSPS) is 11.8. The number of phenolic OH excluding ortho intramolecular Hbond substituents is 1. The van der Waals surface area contributed by atoms with Gasteiger partial charge in [0.05, 0.1) is 18.2 Å². The topological polar surface area (TPSA) is 91.3 Å². The predicted molar refractivity (Wildman–Crippen MR) is 117 cm³/mol. The van der Waals surface area contributed by atoms with Gasteiger partial charge in [-0.1, -0.05) is 36.4 Å². The molecule has 0 aliphatic rings. The highest BCUT2D eigenvalue weighted by Gasteiger charge is 2.35. The maximum atomic E-state index is 13.5. The summed E-state index contributed by atoms with van der Waals surface area (Å²) >= 11 is 0. The van der Waals surface area contributed by atoms with E-state index in [1.807, 2.05) is 0 Å². The molecular weight excluding hydrogens is 412 g/mol. The zero-order valence-electron chi connectivity index (χ0n) is 18.0. The van der Waals surface area contributed by atoms with Crippen molar-refractivity contribution in [1.29, 1.82) is 0 Å². The number of carbonyl (C=O) groups is 2. The number of carbonyl (C=O) groups excluding carboxylic acids is 2. The van der Waals surface area contributed by atoms with Crippen LogP contribution in [-0.4, -0.2) is 44.5 Å². The van der Waals surface area contributed by atoms with Crippen molar-refractivity contribution in [2.24, 2.45) is 0 Å². The lowest BCUT2D eigenvalue weighted by molar-refractivity contribution is -0.110. The lowest BCUT2D eigenvalue weighted by atomic mass is 9.88. The molecule has 0 saturated carbocycles. The smallest absolute Gasteiger partial charge is 0.343 e. The first-order chi connectivity index (χ1) is 15.5. The minimum absolute atomic E-state index is 0.0547. The Morgan fingerprint density at radius 1 is 0.844 bits per heavy atom. The number of hydrogen-bond donors (Lipinski definition) is 1. The van der Waals surface area contributed by atoms with Gasteiger partial charge in [0.1, 0.15) is 23.2 Å². The minimum atomic E-state index is -1.02. The van der Waals surface area contributed by atoms with E-state index < -0.39 is 24.0 Å². The lowest BCUT2D eigenvalue weighted by Crippen LogP contribution is -2.30. The third kappa shape index (κ3) is 4.96. The monoisotopic (exact) mass is 436 g/mol. The molecule has 0 amide bonds. The number of benzene rings is 3. The van der Waals surface area contributed by atoms with Gasteiger partial charge in [0.2, 0.25) is 0 Å². The van der Waals surface area contributed by atoms with Crippen LogP contribution in [0.1, 0.15) is 32.2 Å². The first kappa shape index (κ1) is 23.0. The Morgan fingerprint density at radius 2 is 1.50 bits per heavy atom. The molecule has 0 aromatic heterocycles. The van der Waals surface area contributed by atoms with Crippen LogP contribution < -0.4 is 9.47 Å². The van der Waals surface area contributed by atoms with E-state index in [-0.39, 0.29) is 17.1 Å². The number of hydrogen-bond acceptors (Lipinski definition) is 7. The van der Waals surface area contributed by atoms with Gasteiger partial charge in [0.25, 0.3) is 0 Å². The van der Waals surface area contributed by atoms with Crippen molar-refractivity contribution in [2.75, 3.05) is 21.3 Å². The van der Waals surface area contributed by atoms with Crippen LogP contribution in [0.3, 0.4) is 0 Å². The number of methoxy groups -OCH3 is 3. The van der Waals surface area contributed by atoms with Crippen LogP contribution in [0, 0.1) is 0 Å². The second-order valence-electron chi connectivity index (χ2n) is 6.86. The molecule has 0 fully saturated rings. The molecule has 0 spiro atoms. The Morgan fingerprint density at radius 3 is 2.12 bits per heavy atom. The summed E-state index contributed by atoms with van der Waals surface area (Å²) in [5.74, 6) is -1.72. The Bertz CT molecular complexity index is 1070. The van der Waals surface area contributed by atoms with E-state index in [1.165, 1.54) is 33.5 Å². The van der Waals surface area contributed by atoms with Crippen molar-refractivity contribution in [2.45, 2.75) is 12.2 Å². The summed E-state index contributed by atoms with van der Waals surface area (Å²) < 4.78 is 21.5. The maximum absolute atomic E-state index is 13.5. The quantitative estimate of drug-likeness (QED) is 0.233. The molecule has 0 heterocycles. The van der Waals surface area contributed by atoms with Crippen molar-refractivity contribution in [3.8, 4) is 17.2 Å². The van der Waals surface area contributed by atoms with Gasteiger partial charge in [-0.15, -0.1) is 0 Å². The van der Waals surface area contributed by atoms with E-state index in [9.17, 15) is 14.7 Å². The van der Waals surface area contributed by atoms with E-state index in [0.717, 1.165) is 0 Å². The Kier molecular flexibility index (Phi) is 7.59. The van der Waals surface area contributed by atoms with E-state index in [0.29, 0.717) is 16.9 Å². The van der Waals surface area contributed by atoms with Crippen molar-refractivity contribution in [3.63, 3.8) is 0 Å². The van der Waals surface area contributed by atoms with Crippen LogP contribution in [0.15, 0.2) is 72.8 Å². The first-order valence-corrected chi connectivity index (χ1v) is 9.83. The summed E-state index contributed by atoms with van der Waals surface area (Å²) in [6.45, 7) is 0.